The number of hydrogen-bond acceptors (Lipinski definition) is 1. The number of allylic oxidation sites excluding steroid dienone is 1. The molecule has 0 N–H and O–H groups in total. The van der Waals surface area contributed by atoms with Gasteiger partial charge in [0, 0.05) is 21.9 Å². The number of carbonyl (C=O) groups is 1. The first-order valence-corrected chi connectivity index (χ1v) is 8.14. The molecule has 0 spiro atoms. The molecule has 0 atom stereocenters. The minimum absolute atomic E-state index is 0.0829. The number of nitrogens with zero attached hydrogens (tertiary/aromatic N) is 1. The van der Waals surface area contributed by atoms with Gasteiger partial charge < -0.3 is 4.90 Å². The summed E-state index contributed by atoms with van der Waals surface area (Å²) in [6.07, 6.45) is 4.05. The Kier molecular flexibility index (Phi) is 4.39. The molecule has 106 valence electrons. The molecule has 1 heterocycles. The maximum atomic E-state index is 12.6. The second kappa shape index (κ2) is 6.43. The van der Waals surface area contributed by atoms with Crippen molar-refractivity contribution < 1.29 is 4.79 Å². The predicted molar refractivity (Wildman–Crippen MR) is 93.8 cm³/mol. The number of rotatable bonds is 2. The lowest BCUT2D eigenvalue weighted by Crippen LogP contribution is -2.29. The summed E-state index contributed by atoms with van der Waals surface area (Å²) in [4.78, 5) is 14.4. The summed E-state index contributed by atoms with van der Waals surface area (Å²) in [7, 11) is 0. The highest BCUT2D eigenvalue weighted by Crippen LogP contribution is 2.25. The molecule has 0 fully saturated rings. The monoisotopic (exact) mass is 389 g/mol. The van der Waals surface area contributed by atoms with Crippen LogP contribution in [0.5, 0.6) is 0 Å². The highest BCUT2D eigenvalue weighted by Gasteiger charge is 2.18. The normalized spacial score (nSPS) is 14.7. The lowest BCUT2D eigenvalue weighted by Gasteiger charge is -2.25. The topological polar surface area (TPSA) is 20.3 Å². The van der Waals surface area contributed by atoms with Crippen molar-refractivity contribution in [2.24, 2.45) is 0 Å². The molecule has 3 rings (SSSR count). The molecule has 1 amide bonds. The standard InChI is InChI=1S/C18H16INO/c19-17-10-8-15(9-11-17)18(21)20-12-4-7-16(13-20)14-5-2-1-3-6-14/h1-3,5-6,8-11,13H,4,7,12H2. The Morgan fingerprint density at radius 3 is 2.43 bits per heavy atom. The molecule has 1 aliphatic rings. The van der Waals surface area contributed by atoms with Crippen molar-refractivity contribution in [3.63, 3.8) is 0 Å². The van der Waals surface area contributed by atoms with E-state index in [0.717, 1.165) is 28.5 Å². The van der Waals surface area contributed by atoms with E-state index in [0.29, 0.717) is 0 Å². The van der Waals surface area contributed by atoms with Gasteiger partial charge >= 0.3 is 0 Å². The lowest BCUT2D eigenvalue weighted by atomic mass is 9.99. The number of halogens is 1. The highest BCUT2D eigenvalue weighted by molar-refractivity contribution is 14.1. The van der Waals surface area contributed by atoms with E-state index in [1.807, 2.05) is 53.6 Å². The third-order valence-corrected chi connectivity index (χ3v) is 4.37. The Morgan fingerprint density at radius 2 is 1.71 bits per heavy atom. The van der Waals surface area contributed by atoms with Crippen molar-refractivity contribution in [2.75, 3.05) is 6.54 Å². The van der Waals surface area contributed by atoms with Gasteiger partial charge in [-0.15, -0.1) is 0 Å². The van der Waals surface area contributed by atoms with Crippen LogP contribution in [0.3, 0.4) is 0 Å². The SMILES string of the molecule is O=C(c1ccc(I)cc1)N1C=C(c2ccccc2)CCC1. The van der Waals surface area contributed by atoms with Gasteiger partial charge in [0.1, 0.15) is 0 Å². The summed E-state index contributed by atoms with van der Waals surface area (Å²) >= 11 is 2.25. The van der Waals surface area contributed by atoms with Crippen LogP contribution in [-0.4, -0.2) is 17.4 Å². The van der Waals surface area contributed by atoms with Gasteiger partial charge in [-0.2, -0.15) is 0 Å². The Hall–Kier alpha value is -1.62. The molecule has 1 aliphatic heterocycles. The largest absolute Gasteiger partial charge is 0.315 e. The van der Waals surface area contributed by atoms with E-state index in [-0.39, 0.29) is 5.91 Å². The molecule has 2 aromatic rings. The average Bonchev–Trinajstić information content (AvgIpc) is 2.56. The molecular weight excluding hydrogens is 373 g/mol. The fourth-order valence-electron chi connectivity index (χ4n) is 2.55. The summed E-state index contributed by atoms with van der Waals surface area (Å²) in [5.41, 5.74) is 3.19. The Morgan fingerprint density at radius 1 is 1.00 bits per heavy atom. The van der Waals surface area contributed by atoms with Crippen LogP contribution in [0.1, 0.15) is 28.8 Å². The molecule has 0 aliphatic carbocycles. The van der Waals surface area contributed by atoms with E-state index in [4.69, 9.17) is 0 Å². The molecule has 3 heteroatoms. The third-order valence-electron chi connectivity index (χ3n) is 3.65. The first-order chi connectivity index (χ1) is 10.2. The Balaban J connectivity index is 1.85. The zero-order chi connectivity index (χ0) is 14.7. The quantitative estimate of drug-likeness (QED) is 0.690. The summed E-state index contributed by atoms with van der Waals surface area (Å²) < 4.78 is 1.14. The van der Waals surface area contributed by atoms with E-state index in [2.05, 4.69) is 34.7 Å². The van der Waals surface area contributed by atoms with Gasteiger partial charge in [0.25, 0.3) is 5.91 Å². The van der Waals surface area contributed by atoms with E-state index in [1.165, 1.54) is 11.1 Å². The van der Waals surface area contributed by atoms with Crippen molar-refractivity contribution in [3.05, 3.63) is 75.5 Å². The molecular formula is C18H16INO. The minimum Gasteiger partial charge on any atom is -0.315 e. The molecule has 0 saturated heterocycles. The number of benzene rings is 2. The molecule has 0 radical (unpaired) electrons. The summed E-state index contributed by atoms with van der Waals surface area (Å²) in [5.74, 6) is 0.0829. The zero-order valence-electron chi connectivity index (χ0n) is 11.6. The van der Waals surface area contributed by atoms with Crippen LogP contribution in [0.2, 0.25) is 0 Å². The number of carbonyl (C=O) groups excluding carboxylic acids is 1. The smallest absolute Gasteiger partial charge is 0.257 e. The van der Waals surface area contributed by atoms with Crippen molar-refractivity contribution in [2.45, 2.75) is 12.8 Å². The second-order valence-corrected chi connectivity index (χ2v) is 6.37. The van der Waals surface area contributed by atoms with Gasteiger partial charge in [0.05, 0.1) is 0 Å². The fraction of sp³-hybridized carbons (Fsp3) is 0.167. The molecule has 2 aromatic carbocycles. The van der Waals surface area contributed by atoms with Crippen LogP contribution in [0.15, 0.2) is 60.8 Å². The van der Waals surface area contributed by atoms with E-state index in [9.17, 15) is 4.79 Å². The third kappa shape index (κ3) is 3.35. The summed E-state index contributed by atoms with van der Waals surface area (Å²) in [6.45, 7) is 0.793. The predicted octanol–water partition coefficient (Wildman–Crippen LogP) is 4.57. The first kappa shape index (κ1) is 14.3. The molecule has 2 nitrogen and oxygen atoms in total. The van der Waals surface area contributed by atoms with Gasteiger partial charge in [0.15, 0.2) is 0 Å². The van der Waals surface area contributed by atoms with E-state index in [1.54, 1.807) is 0 Å². The molecule has 0 saturated carbocycles. The van der Waals surface area contributed by atoms with Crippen molar-refractivity contribution in [1.82, 2.24) is 4.90 Å². The Bertz CT molecular complexity index is 661. The van der Waals surface area contributed by atoms with Gasteiger partial charge in [-0.1, -0.05) is 30.3 Å². The van der Waals surface area contributed by atoms with Crippen molar-refractivity contribution >= 4 is 34.1 Å². The van der Waals surface area contributed by atoms with Crippen molar-refractivity contribution in [1.29, 1.82) is 0 Å². The maximum absolute atomic E-state index is 12.6. The van der Waals surface area contributed by atoms with Crippen LogP contribution >= 0.6 is 22.6 Å². The number of hydrogen-bond donors (Lipinski definition) is 0. The van der Waals surface area contributed by atoms with Gasteiger partial charge in [0.2, 0.25) is 0 Å². The van der Waals surface area contributed by atoms with Crippen LogP contribution in [0.4, 0.5) is 0 Å². The molecule has 0 bridgehead atoms. The first-order valence-electron chi connectivity index (χ1n) is 7.07. The van der Waals surface area contributed by atoms with Crippen LogP contribution < -0.4 is 0 Å². The Labute approximate surface area is 138 Å². The van der Waals surface area contributed by atoms with E-state index < -0.39 is 0 Å². The average molecular weight is 389 g/mol. The molecule has 21 heavy (non-hydrogen) atoms. The molecule has 0 unspecified atom stereocenters. The molecule has 0 aromatic heterocycles. The second-order valence-electron chi connectivity index (χ2n) is 5.13. The van der Waals surface area contributed by atoms with Crippen LogP contribution in [0.25, 0.3) is 5.57 Å². The van der Waals surface area contributed by atoms with Crippen molar-refractivity contribution in [3.8, 4) is 0 Å². The fourth-order valence-corrected chi connectivity index (χ4v) is 2.91. The summed E-state index contributed by atoms with van der Waals surface area (Å²) in [5, 5.41) is 0. The van der Waals surface area contributed by atoms with Gasteiger partial charge in [-0.05, 0) is 70.8 Å². The van der Waals surface area contributed by atoms with Crippen LogP contribution in [-0.2, 0) is 0 Å². The summed E-state index contributed by atoms with van der Waals surface area (Å²) in [6, 6.07) is 18.0. The highest BCUT2D eigenvalue weighted by atomic mass is 127. The van der Waals surface area contributed by atoms with E-state index >= 15 is 0 Å². The van der Waals surface area contributed by atoms with Gasteiger partial charge in [-0.25, -0.2) is 0 Å². The maximum Gasteiger partial charge on any atom is 0.257 e. The number of amides is 1. The lowest BCUT2D eigenvalue weighted by molar-refractivity contribution is 0.0817. The zero-order valence-corrected chi connectivity index (χ0v) is 13.8. The van der Waals surface area contributed by atoms with Gasteiger partial charge in [-0.3, -0.25) is 4.79 Å². The van der Waals surface area contributed by atoms with Crippen LogP contribution in [0, 0.1) is 3.57 Å². The minimum atomic E-state index is 0.0829.